The second-order valence-electron chi connectivity index (χ2n) is 6.91. The molecule has 3 fully saturated rings. The minimum atomic E-state index is 0.319. The summed E-state index contributed by atoms with van der Waals surface area (Å²) in [6.07, 6.45) is 9.04. The quantitative estimate of drug-likeness (QED) is 0.831. The number of fused-ring (bicyclic) bond motifs is 4. The monoisotopic (exact) mass is 304 g/mol. The molecule has 5 nitrogen and oxygen atoms in total. The van der Waals surface area contributed by atoms with Crippen LogP contribution < -0.4 is 0 Å². The van der Waals surface area contributed by atoms with Crippen LogP contribution in [0.3, 0.4) is 0 Å². The lowest BCUT2D eigenvalue weighted by molar-refractivity contribution is -0.131. The van der Waals surface area contributed by atoms with Crippen LogP contribution in [0, 0.1) is 5.92 Å². The number of carbonyl (C=O) groups excluding carboxylic acids is 1. The molecule has 3 aliphatic heterocycles. The van der Waals surface area contributed by atoms with E-state index in [1.807, 2.05) is 19.4 Å². The molecule has 3 saturated heterocycles. The summed E-state index contributed by atoms with van der Waals surface area (Å²) in [6, 6.07) is 0.584. The van der Waals surface area contributed by atoms with Crippen LogP contribution in [0.1, 0.15) is 38.2 Å². The summed E-state index contributed by atoms with van der Waals surface area (Å²) >= 11 is 0. The summed E-state index contributed by atoms with van der Waals surface area (Å²) in [5, 5.41) is 4.17. The van der Waals surface area contributed by atoms with E-state index in [1.165, 1.54) is 32.4 Å². The Morgan fingerprint density at radius 2 is 2.18 bits per heavy atom. The zero-order chi connectivity index (χ0) is 15.5. The number of rotatable bonds is 5. The molecule has 122 valence electrons. The van der Waals surface area contributed by atoms with Crippen molar-refractivity contribution in [1.82, 2.24) is 19.6 Å². The Labute approximate surface area is 133 Å². The molecule has 4 heterocycles. The van der Waals surface area contributed by atoms with Crippen molar-refractivity contribution in [3.8, 4) is 0 Å². The van der Waals surface area contributed by atoms with Crippen LogP contribution in [-0.2, 0) is 18.3 Å². The zero-order valence-electron chi connectivity index (χ0n) is 13.9. The predicted molar refractivity (Wildman–Crippen MR) is 86.5 cm³/mol. The summed E-state index contributed by atoms with van der Waals surface area (Å²) in [5.41, 5.74) is 1.15. The summed E-state index contributed by atoms with van der Waals surface area (Å²) in [5.74, 6) is 0.992. The van der Waals surface area contributed by atoms with Gasteiger partial charge in [-0.25, -0.2) is 0 Å². The van der Waals surface area contributed by atoms with Crippen LogP contribution in [0.15, 0.2) is 12.4 Å². The second-order valence-corrected chi connectivity index (χ2v) is 6.91. The van der Waals surface area contributed by atoms with Gasteiger partial charge in [0.2, 0.25) is 5.91 Å². The molecule has 0 radical (unpaired) electrons. The molecule has 2 bridgehead atoms. The van der Waals surface area contributed by atoms with Gasteiger partial charge < -0.3 is 4.90 Å². The van der Waals surface area contributed by atoms with Crippen molar-refractivity contribution >= 4 is 5.91 Å². The van der Waals surface area contributed by atoms with E-state index >= 15 is 0 Å². The molecule has 2 atom stereocenters. The molecule has 0 saturated carbocycles. The standard InChI is InChI=1S/C17H28N4O/c1-3-8-20-11-15-4-6-16(20)13-21(12-15)17(22)7-5-14-9-18-19(2)10-14/h9-10,15-16H,3-8,11-13H2,1-2H3/t15-,16-/m1/s1. The van der Waals surface area contributed by atoms with E-state index in [9.17, 15) is 4.79 Å². The summed E-state index contributed by atoms with van der Waals surface area (Å²) in [7, 11) is 1.92. The van der Waals surface area contributed by atoms with Crippen molar-refractivity contribution in [2.75, 3.05) is 26.2 Å². The van der Waals surface area contributed by atoms with Gasteiger partial charge in [-0.1, -0.05) is 6.92 Å². The first-order chi connectivity index (χ1) is 10.7. The fourth-order valence-electron chi connectivity index (χ4n) is 3.95. The van der Waals surface area contributed by atoms with Crippen molar-refractivity contribution < 1.29 is 4.79 Å². The van der Waals surface area contributed by atoms with Gasteiger partial charge >= 0.3 is 0 Å². The number of hydrogen-bond acceptors (Lipinski definition) is 3. The van der Waals surface area contributed by atoms with Crippen molar-refractivity contribution in [2.45, 2.75) is 45.1 Å². The third-order valence-electron chi connectivity index (χ3n) is 5.08. The third kappa shape index (κ3) is 3.51. The SMILES string of the molecule is CCCN1C[C@H]2CC[C@@H]1CN(C(=O)CCc1cnn(C)c1)C2. The molecule has 4 rings (SSSR count). The average Bonchev–Trinajstić information content (AvgIpc) is 2.72. The molecule has 5 heteroatoms. The topological polar surface area (TPSA) is 41.4 Å². The average molecular weight is 304 g/mol. The molecule has 0 aliphatic carbocycles. The first kappa shape index (κ1) is 15.5. The number of aromatic nitrogens is 2. The molecule has 3 aliphatic rings. The highest BCUT2D eigenvalue weighted by Gasteiger charge is 2.35. The number of amides is 1. The maximum absolute atomic E-state index is 12.6. The molecule has 1 aromatic heterocycles. The first-order valence-corrected chi connectivity index (χ1v) is 8.65. The van der Waals surface area contributed by atoms with E-state index in [0.29, 0.717) is 24.3 Å². The molecule has 0 N–H and O–H groups in total. The molecule has 0 unspecified atom stereocenters. The normalized spacial score (nSPS) is 25.5. The van der Waals surface area contributed by atoms with Gasteiger partial charge in [-0.2, -0.15) is 5.10 Å². The van der Waals surface area contributed by atoms with E-state index in [1.54, 1.807) is 4.68 Å². The highest BCUT2D eigenvalue weighted by Crippen LogP contribution is 2.28. The van der Waals surface area contributed by atoms with E-state index in [2.05, 4.69) is 21.8 Å². The van der Waals surface area contributed by atoms with E-state index in [0.717, 1.165) is 25.1 Å². The molecule has 22 heavy (non-hydrogen) atoms. The van der Waals surface area contributed by atoms with Crippen LogP contribution in [-0.4, -0.2) is 57.7 Å². The largest absolute Gasteiger partial charge is 0.341 e. The Bertz CT molecular complexity index is 513. The summed E-state index contributed by atoms with van der Waals surface area (Å²) in [4.78, 5) is 17.3. The van der Waals surface area contributed by atoms with Crippen LogP contribution >= 0.6 is 0 Å². The predicted octanol–water partition coefficient (Wildman–Crippen LogP) is 1.69. The highest BCUT2D eigenvalue weighted by atomic mass is 16.2. The smallest absolute Gasteiger partial charge is 0.222 e. The van der Waals surface area contributed by atoms with Gasteiger partial charge in [0.1, 0.15) is 0 Å². The summed E-state index contributed by atoms with van der Waals surface area (Å²) < 4.78 is 1.80. The molecule has 1 amide bonds. The minimum Gasteiger partial charge on any atom is -0.341 e. The molecule has 1 aromatic rings. The second kappa shape index (κ2) is 6.82. The number of piperidine rings is 1. The lowest BCUT2D eigenvalue weighted by Crippen LogP contribution is -2.44. The van der Waals surface area contributed by atoms with Crippen LogP contribution in [0.5, 0.6) is 0 Å². The van der Waals surface area contributed by atoms with Crippen molar-refractivity contribution in [3.05, 3.63) is 18.0 Å². The fourth-order valence-corrected chi connectivity index (χ4v) is 3.95. The van der Waals surface area contributed by atoms with Crippen LogP contribution in [0.25, 0.3) is 0 Å². The van der Waals surface area contributed by atoms with Gasteiger partial charge in [-0.15, -0.1) is 0 Å². The Morgan fingerprint density at radius 1 is 1.32 bits per heavy atom. The fraction of sp³-hybridized carbons (Fsp3) is 0.765. The maximum Gasteiger partial charge on any atom is 0.222 e. The van der Waals surface area contributed by atoms with Crippen molar-refractivity contribution in [1.29, 1.82) is 0 Å². The Balaban J connectivity index is 1.56. The zero-order valence-corrected chi connectivity index (χ0v) is 13.9. The molecular weight excluding hydrogens is 276 g/mol. The number of aryl methyl sites for hydroxylation is 2. The number of carbonyl (C=O) groups is 1. The highest BCUT2D eigenvalue weighted by molar-refractivity contribution is 5.76. The Kier molecular flexibility index (Phi) is 4.81. The molecular formula is C17H28N4O. The van der Waals surface area contributed by atoms with Gasteiger partial charge in [0.15, 0.2) is 0 Å². The van der Waals surface area contributed by atoms with Crippen LogP contribution in [0.4, 0.5) is 0 Å². The molecule has 0 spiro atoms. The number of hydrogen-bond donors (Lipinski definition) is 0. The van der Waals surface area contributed by atoms with Gasteiger partial charge in [0.25, 0.3) is 0 Å². The van der Waals surface area contributed by atoms with Crippen molar-refractivity contribution in [3.63, 3.8) is 0 Å². The van der Waals surface area contributed by atoms with E-state index in [-0.39, 0.29) is 0 Å². The van der Waals surface area contributed by atoms with Crippen LogP contribution in [0.2, 0.25) is 0 Å². The Morgan fingerprint density at radius 3 is 2.91 bits per heavy atom. The third-order valence-corrected chi connectivity index (χ3v) is 5.08. The molecule has 0 aromatic carbocycles. The summed E-state index contributed by atoms with van der Waals surface area (Å²) in [6.45, 7) is 6.50. The van der Waals surface area contributed by atoms with Gasteiger partial charge in [0.05, 0.1) is 6.20 Å². The van der Waals surface area contributed by atoms with E-state index < -0.39 is 0 Å². The first-order valence-electron chi connectivity index (χ1n) is 8.65. The van der Waals surface area contributed by atoms with Crippen molar-refractivity contribution in [2.24, 2.45) is 13.0 Å². The van der Waals surface area contributed by atoms with E-state index in [4.69, 9.17) is 0 Å². The Hall–Kier alpha value is -1.36. The maximum atomic E-state index is 12.6. The van der Waals surface area contributed by atoms with Gasteiger partial charge in [0, 0.05) is 45.3 Å². The number of nitrogens with zero attached hydrogens (tertiary/aromatic N) is 4. The lowest BCUT2D eigenvalue weighted by atomic mass is 9.95. The van der Waals surface area contributed by atoms with Gasteiger partial charge in [-0.3, -0.25) is 14.4 Å². The lowest BCUT2D eigenvalue weighted by Gasteiger charge is -2.35. The van der Waals surface area contributed by atoms with Gasteiger partial charge in [-0.05, 0) is 43.7 Å². The minimum absolute atomic E-state index is 0.319.